The molecule has 1 aromatic rings. The van der Waals surface area contributed by atoms with Crippen LogP contribution >= 0.6 is 15.9 Å². The number of hydrogen-bond acceptors (Lipinski definition) is 3. The van der Waals surface area contributed by atoms with E-state index in [1.165, 1.54) is 6.42 Å². The summed E-state index contributed by atoms with van der Waals surface area (Å²) in [7, 11) is 0. The highest BCUT2D eigenvalue weighted by molar-refractivity contribution is 9.10. The third kappa shape index (κ3) is 3.68. The average molecular weight is 299 g/mol. The molecule has 0 aliphatic heterocycles. The van der Waals surface area contributed by atoms with Crippen molar-refractivity contribution in [3.05, 3.63) is 22.3 Å². The van der Waals surface area contributed by atoms with Crippen LogP contribution in [0.25, 0.3) is 0 Å². The Kier molecular flexibility index (Phi) is 4.40. The van der Waals surface area contributed by atoms with Gasteiger partial charge < -0.3 is 10.4 Å². The third-order valence-corrected chi connectivity index (χ3v) is 3.90. The summed E-state index contributed by atoms with van der Waals surface area (Å²) in [6.07, 6.45) is 5.97. The van der Waals surface area contributed by atoms with Crippen LogP contribution < -0.4 is 5.32 Å². The fraction of sp³-hybridized carbons (Fsp3) is 0.615. The van der Waals surface area contributed by atoms with Gasteiger partial charge in [-0.15, -0.1) is 0 Å². The Labute approximate surface area is 111 Å². The maximum atomic E-state index is 9.62. The second kappa shape index (κ2) is 5.83. The number of anilines is 1. The minimum Gasteiger partial charge on any atom is -0.393 e. The van der Waals surface area contributed by atoms with E-state index in [-0.39, 0.29) is 6.10 Å². The fourth-order valence-corrected chi connectivity index (χ4v) is 2.96. The molecule has 0 radical (unpaired) electrons. The molecule has 0 saturated heterocycles. The standard InChI is InChI=1S/C13H19BrN2O/c1-9-5-12(14)13(15-7-9)16-8-10-3-2-4-11(17)6-10/h5,7,10-11,17H,2-4,6,8H2,1H3,(H,15,16). The molecule has 17 heavy (non-hydrogen) atoms. The zero-order valence-corrected chi connectivity index (χ0v) is 11.7. The van der Waals surface area contributed by atoms with Crippen molar-refractivity contribution in [1.29, 1.82) is 0 Å². The van der Waals surface area contributed by atoms with Crippen molar-refractivity contribution >= 4 is 21.7 Å². The summed E-state index contributed by atoms with van der Waals surface area (Å²) in [5.74, 6) is 1.46. The molecule has 2 N–H and O–H groups in total. The molecule has 1 aliphatic carbocycles. The topological polar surface area (TPSA) is 45.2 Å². The van der Waals surface area contributed by atoms with Gasteiger partial charge in [0, 0.05) is 12.7 Å². The van der Waals surface area contributed by atoms with E-state index < -0.39 is 0 Å². The first-order chi connectivity index (χ1) is 8.15. The van der Waals surface area contributed by atoms with Crippen LogP contribution in [0.15, 0.2) is 16.7 Å². The van der Waals surface area contributed by atoms with E-state index in [9.17, 15) is 5.11 Å². The third-order valence-electron chi connectivity index (χ3n) is 3.29. The molecular formula is C13H19BrN2O. The van der Waals surface area contributed by atoms with Crippen LogP contribution in [0, 0.1) is 12.8 Å². The monoisotopic (exact) mass is 298 g/mol. The highest BCUT2D eigenvalue weighted by Gasteiger charge is 2.20. The van der Waals surface area contributed by atoms with Gasteiger partial charge in [0.1, 0.15) is 5.82 Å². The molecule has 0 amide bonds. The highest BCUT2D eigenvalue weighted by Crippen LogP contribution is 2.26. The van der Waals surface area contributed by atoms with Gasteiger partial charge in [0.25, 0.3) is 0 Å². The van der Waals surface area contributed by atoms with Crippen LogP contribution in [0.2, 0.25) is 0 Å². The molecule has 0 bridgehead atoms. The van der Waals surface area contributed by atoms with Gasteiger partial charge >= 0.3 is 0 Å². The van der Waals surface area contributed by atoms with Crippen LogP contribution in [0.5, 0.6) is 0 Å². The van der Waals surface area contributed by atoms with Crippen LogP contribution in [0.4, 0.5) is 5.82 Å². The fourth-order valence-electron chi connectivity index (χ4n) is 2.35. The summed E-state index contributed by atoms with van der Waals surface area (Å²) in [4.78, 5) is 4.36. The average Bonchev–Trinajstić information content (AvgIpc) is 2.28. The van der Waals surface area contributed by atoms with E-state index in [4.69, 9.17) is 0 Å². The van der Waals surface area contributed by atoms with E-state index in [1.807, 2.05) is 13.1 Å². The van der Waals surface area contributed by atoms with Gasteiger partial charge in [0.15, 0.2) is 0 Å². The molecule has 1 saturated carbocycles. The first-order valence-electron chi connectivity index (χ1n) is 6.19. The number of aryl methyl sites for hydroxylation is 1. The van der Waals surface area contributed by atoms with E-state index in [0.29, 0.717) is 5.92 Å². The Morgan fingerprint density at radius 2 is 2.35 bits per heavy atom. The van der Waals surface area contributed by atoms with Gasteiger partial charge in [0.05, 0.1) is 10.6 Å². The number of pyridine rings is 1. The number of rotatable bonds is 3. The molecule has 1 aliphatic rings. The minimum atomic E-state index is -0.107. The molecule has 1 fully saturated rings. The quantitative estimate of drug-likeness (QED) is 0.901. The SMILES string of the molecule is Cc1cnc(NCC2CCCC(O)C2)c(Br)c1. The number of aliphatic hydroxyl groups is 1. The summed E-state index contributed by atoms with van der Waals surface area (Å²) in [6.45, 7) is 2.92. The lowest BCUT2D eigenvalue weighted by molar-refractivity contribution is 0.104. The zero-order valence-electron chi connectivity index (χ0n) is 10.1. The normalized spacial score (nSPS) is 24.6. The minimum absolute atomic E-state index is 0.107. The molecule has 3 nitrogen and oxygen atoms in total. The molecule has 2 rings (SSSR count). The summed E-state index contributed by atoms with van der Waals surface area (Å²) in [6, 6.07) is 2.06. The molecule has 2 unspecified atom stereocenters. The smallest absolute Gasteiger partial charge is 0.140 e. The number of aromatic nitrogens is 1. The van der Waals surface area contributed by atoms with Crippen LogP contribution in [-0.4, -0.2) is 22.7 Å². The van der Waals surface area contributed by atoms with Crippen molar-refractivity contribution in [1.82, 2.24) is 4.98 Å². The molecule has 1 aromatic heterocycles. The number of nitrogens with one attached hydrogen (secondary N) is 1. The van der Waals surface area contributed by atoms with Gasteiger partial charge in [-0.1, -0.05) is 6.42 Å². The van der Waals surface area contributed by atoms with Crippen LogP contribution in [-0.2, 0) is 0 Å². The molecule has 0 spiro atoms. The number of aliphatic hydroxyl groups excluding tert-OH is 1. The molecule has 1 heterocycles. The van der Waals surface area contributed by atoms with E-state index in [1.54, 1.807) is 0 Å². The first kappa shape index (κ1) is 12.8. The van der Waals surface area contributed by atoms with E-state index in [0.717, 1.165) is 41.7 Å². The van der Waals surface area contributed by atoms with Gasteiger partial charge in [-0.3, -0.25) is 0 Å². The number of nitrogens with zero attached hydrogens (tertiary/aromatic N) is 1. The van der Waals surface area contributed by atoms with E-state index in [2.05, 4.69) is 32.3 Å². The lowest BCUT2D eigenvalue weighted by Crippen LogP contribution is -2.25. The molecule has 4 heteroatoms. The van der Waals surface area contributed by atoms with Crippen molar-refractivity contribution in [2.24, 2.45) is 5.92 Å². The van der Waals surface area contributed by atoms with Gasteiger partial charge in [0.2, 0.25) is 0 Å². The lowest BCUT2D eigenvalue weighted by Gasteiger charge is -2.26. The van der Waals surface area contributed by atoms with Crippen LogP contribution in [0.1, 0.15) is 31.2 Å². The second-order valence-corrected chi connectivity index (χ2v) is 5.76. The molecular weight excluding hydrogens is 280 g/mol. The predicted octanol–water partition coefficient (Wildman–Crippen LogP) is 3.12. The lowest BCUT2D eigenvalue weighted by atomic mass is 9.87. The van der Waals surface area contributed by atoms with Gasteiger partial charge in [-0.05, 0) is 59.7 Å². The number of halogens is 1. The van der Waals surface area contributed by atoms with Crippen molar-refractivity contribution < 1.29 is 5.11 Å². The van der Waals surface area contributed by atoms with Crippen LogP contribution in [0.3, 0.4) is 0 Å². The van der Waals surface area contributed by atoms with Gasteiger partial charge in [-0.2, -0.15) is 0 Å². The Morgan fingerprint density at radius 3 is 3.06 bits per heavy atom. The summed E-state index contributed by atoms with van der Waals surface area (Å²) in [5.41, 5.74) is 1.15. The van der Waals surface area contributed by atoms with Crippen molar-refractivity contribution in [3.63, 3.8) is 0 Å². The first-order valence-corrected chi connectivity index (χ1v) is 6.98. The van der Waals surface area contributed by atoms with Crippen molar-refractivity contribution in [2.75, 3.05) is 11.9 Å². The largest absolute Gasteiger partial charge is 0.393 e. The van der Waals surface area contributed by atoms with Crippen molar-refractivity contribution in [2.45, 2.75) is 38.7 Å². The molecule has 94 valence electrons. The Balaban J connectivity index is 1.88. The van der Waals surface area contributed by atoms with Crippen molar-refractivity contribution in [3.8, 4) is 0 Å². The maximum absolute atomic E-state index is 9.62. The Morgan fingerprint density at radius 1 is 1.53 bits per heavy atom. The summed E-state index contributed by atoms with van der Waals surface area (Å²) in [5, 5.41) is 13.0. The Hall–Kier alpha value is -0.610. The van der Waals surface area contributed by atoms with E-state index >= 15 is 0 Å². The molecule has 2 atom stereocenters. The molecule has 0 aromatic carbocycles. The Bertz CT molecular complexity index is 384. The number of hydrogen-bond donors (Lipinski definition) is 2. The highest BCUT2D eigenvalue weighted by atomic mass is 79.9. The summed E-state index contributed by atoms with van der Waals surface area (Å²) >= 11 is 3.51. The summed E-state index contributed by atoms with van der Waals surface area (Å²) < 4.78 is 1.01. The zero-order chi connectivity index (χ0) is 12.3. The second-order valence-electron chi connectivity index (χ2n) is 4.91. The maximum Gasteiger partial charge on any atom is 0.140 e. The predicted molar refractivity (Wildman–Crippen MR) is 73.1 cm³/mol. The van der Waals surface area contributed by atoms with Gasteiger partial charge in [-0.25, -0.2) is 4.98 Å².